The standard InChI is InChI=1S/C15H13Cl3O/c1-10-5-6-15(11(7-10)8-16)19-9-12-13(17)3-2-4-14(12)18/h2-7H,8-9H2,1H3. The summed E-state index contributed by atoms with van der Waals surface area (Å²) in [6, 6.07) is 11.3. The van der Waals surface area contributed by atoms with Gasteiger partial charge in [0.05, 0.1) is 5.88 Å². The van der Waals surface area contributed by atoms with Crippen molar-refractivity contribution >= 4 is 34.8 Å². The van der Waals surface area contributed by atoms with E-state index in [-0.39, 0.29) is 0 Å². The number of hydrogen-bond donors (Lipinski definition) is 0. The Morgan fingerprint density at radius 2 is 1.74 bits per heavy atom. The molecule has 2 rings (SSSR count). The summed E-state index contributed by atoms with van der Waals surface area (Å²) in [6.07, 6.45) is 0. The Balaban J connectivity index is 2.19. The van der Waals surface area contributed by atoms with Gasteiger partial charge in [-0.25, -0.2) is 0 Å². The van der Waals surface area contributed by atoms with E-state index in [1.165, 1.54) is 0 Å². The highest BCUT2D eigenvalue weighted by Crippen LogP contribution is 2.28. The molecule has 0 radical (unpaired) electrons. The molecule has 0 aliphatic heterocycles. The van der Waals surface area contributed by atoms with Crippen molar-refractivity contribution in [3.8, 4) is 5.75 Å². The Morgan fingerprint density at radius 1 is 1.05 bits per heavy atom. The summed E-state index contributed by atoms with van der Waals surface area (Å²) in [4.78, 5) is 0. The van der Waals surface area contributed by atoms with E-state index in [1.54, 1.807) is 12.1 Å². The molecule has 0 saturated heterocycles. The van der Waals surface area contributed by atoms with Crippen molar-refractivity contribution in [3.63, 3.8) is 0 Å². The summed E-state index contributed by atoms with van der Waals surface area (Å²) in [5, 5.41) is 1.21. The number of aryl methyl sites for hydroxylation is 1. The van der Waals surface area contributed by atoms with Gasteiger partial charge in [-0.1, -0.05) is 47.0 Å². The van der Waals surface area contributed by atoms with Crippen LogP contribution in [0.2, 0.25) is 10.0 Å². The molecule has 0 aliphatic rings. The third-order valence-electron chi connectivity index (χ3n) is 2.79. The molecule has 0 amide bonds. The summed E-state index contributed by atoms with van der Waals surface area (Å²) in [6.45, 7) is 2.34. The monoisotopic (exact) mass is 314 g/mol. The molecule has 0 heterocycles. The van der Waals surface area contributed by atoms with Gasteiger partial charge in [0.25, 0.3) is 0 Å². The van der Waals surface area contributed by atoms with Crippen molar-refractivity contribution in [2.24, 2.45) is 0 Å². The van der Waals surface area contributed by atoms with Crippen LogP contribution in [0.15, 0.2) is 36.4 Å². The van der Waals surface area contributed by atoms with Gasteiger partial charge in [0.15, 0.2) is 0 Å². The van der Waals surface area contributed by atoms with Crippen LogP contribution in [-0.4, -0.2) is 0 Å². The zero-order valence-corrected chi connectivity index (χ0v) is 12.7. The van der Waals surface area contributed by atoms with E-state index >= 15 is 0 Å². The van der Waals surface area contributed by atoms with Crippen molar-refractivity contribution in [2.75, 3.05) is 0 Å². The van der Waals surface area contributed by atoms with Gasteiger partial charge in [-0.3, -0.25) is 0 Å². The molecule has 100 valence electrons. The molecule has 19 heavy (non-hydrogen) atoms. The lowest BCUT2D eigenvalue weighted by Gasteiger charge is -2.12. The maximum absolute atomic E-state index is 6.10. The maximum Gasteiger partial charge on any atom is 0.124 e. The smallest absolute Gasteiger partial charge is 0.124 e. The largest absolute Gasteiger partial charge is 0.488 e. The molecule has 0 spiro atoms. The molecular formula is C15H13Cl3O. The zero-order chi connectivity index (χ0) is 13.8. The highest BCUT2D eigenvalue weighted by atomic mass is 35.5. The number of ether oxygens (including phenoxy) is 1. The van der Waals surface area contributed by atoms with Gasteiger partial charge in [-0.05, 0) is 25.1 Å². The molecule has 2 aromatic carbocycles. The normalized spacial score (nSPS) is 10.5. The average Bonchev–Trinajstić information content (AvgIpc) is 2.39. The highest BCUT2D eigenvalue weighted by molar-refractivity contribution is 6.35. The van der Waals surface area contributed by atoms with Crippen molar-refractivity contribution in [2.45, 2.75) is 19.4 Å². The molecule has 2 aromatic rings. The fraction of sp³-hybridized carbons (Fsp3) is 0.200. The molecule has 0 aromatic heterocycles. The first-order chi connectivity index (χ1) is 9.11. The number of benzene rings is 2. The van der Waals surface area contributed by atoms with Gasteiger partial charge in [-0.2, -0.15) is 0 Å². The van der Waals surface area contributed by atoms with E-state index in [2.05, 4.69) is 0 Å². The van der Waals surface area contributed by atoms with Crippen LogP contribution in [0.25, 0.3) is 0 Å². The Kier molecular flexibility index (Phi) is 4.98. The molecule has 0 N–H and O–H groups in total. The van der Waals surface area contributed by atoms with Crippen molar-refractivity contribution in [1.82, 2.24) is 0 Å². The van der Waals surface area contributed by atoms with Crippen LogP contribution < -0.4 is 4.74 Å². The summed E-state index contributed by atoms with van der Waals surface area (Å²) in [7, 11) is 0. The third-order valence-corrected chi connectivity index (χ3v) is 3.79. The van der Waals surface area contributed by atoms with Gasteiger partial charge in [-0.15, -0.1) is 11.6 Å². The average molecular weight is 316 g/mol. The van der Waals surface area contributed by atoms with E-state index in [0.29, 0.717) is 22.5 Å². The molecule has 0 bridgehead atoms. The molecule has 0 saturated carbocycles. The van der Waals surface area contributed by atoms with Gasteiger partial charge >= 0.3 is 0 Å². The summed E-state index contributed by atoms with van der Waals surface area (Å²) < 4.78 is 5.78. The minimum Gasteiger partial charge on any atom is -0.488 e. The van der Waals surface area contributed by atoms with Crippen molar-refractivity contribution in [1.29, 1.82) is 0 Å². The predicted molar refractivity (Wildman–Crippen MR) is 81.5 cm³/mol. The first kappa shape index (κ1) is 14.5. The minimum absolute atomic E-state index is 0.325. The molecule has 4 heteroatoms. The van der Waals surface area contributed by atoms with Crippen LogP contribution >= 0.6 is 34.8 Å². The number of halogens is 3. The van der Waals surface area contributed by atoms with Crippen LogP contribution in [0.1, 0.15) is 16.7 Å². The van der Waals surface area contributed by atoms with Gasteiger partial charge in [0.2, 0.25) is 0 Å². The Morgan fingerprint density at radius 3 is 2.37 bits per heavy atom. The van der Waals surface area contributed by atoms with Crippen molar-refractivity contribution in [3.05, 3.63) is 63.1 Å². The lowest BCUT2D eigenvalue weighted by molar-refractivity contribution is 0.304. The lowest BCUT2D eigenvalue weighted by Crippen LogP contribution is -1.99. The fourth-order valence-electron chi connectivity index (χ4n) is 1.77. The Labute approximate surface area is 128 Å². The first-order valence-corrected chi connectivity index (χ1v) is 7.12. The van der Waals surface area contributed by atoms with Gasteiger partial charge in [0.1, 0.15) is 12.4 Å². The Hall–Kier alpha value is -0.890. The van der Waals surface area contributed by atoms with Gasteiger partial charge in [0, 0.05) is 21.2 Å². The van der Waals surface area contributed by atoms with Gasteiger partial charge < -0.3 is 4.74 Å². The van der Waals surface area contributed by atoms with E-state index in [4.69, 9.17) is 39.5 Å². The van der Waals surface area contributed by atoms with E-state index in [9.17, 15) is 0 Å². The topological polar surface area (TPSA) is 9.23 Å². The second-order valence-corrected chi connectivity index (χ2v) is 5.32. The van der Waals surface area contributed by atoms with Crippen LogP contribution in [0, 0.1) is 6.92 Å². The van der Waals surface area contributed by atoms with Crippen LogP contribution in [0.5, 0.6) is 5.75 Å². The summed E-state index contributed by atoms with van der Waals surface area (Å²) >= 11 is 18.1. The molecule has 1 nitrogen and oxygen atoms in total. The second kappa shape index (κ2) is 6.51. The summed E-state index contributed by atoms with van der Waals surface area (Å²) in [5.41, 5.74) is 2.90. The first-order valence-electron chi connectivity index (χ1n) is 5.83. The summed E-state index contributed by atoms with van der Waals surface area (Å²) in [5.74, 6) is 1.17. The fourth-order valence-corrected chi connectivity index (χ4v) is 2.49. The van der Waals surface area contributed by atoms with Crippen LogP contribution in [-0.2, 0) is 12.5 Å². The third kappa shape index (κ3) is 3.56. The molecule has 0 unspecified atom stereocenters. The number of hydrogen-bond acceptors (Lipinski definition) is 1. The number of alkyl halides is 1. The molecule has 0 fully saturated rings. The van der Waals surface area contributed by atoms with Crippen molar-refractivity contribution < 1.29 is 4.74 Å². The van der Waals surface area contributed by atoms with E-state index in [0.717, 1.165) is 22.4 Å². The van der Waals surface area contributed by atoms with E-state index in [1.807, 2.05) is 31.2 Å². The Bertz CT molecular complexity index is 561. The van der Waals surface area contributed by atoms with Crippen LogP contribution in [0.4, 0.5) is 0 Å². The quantitative estimate of drug-likeness (QED) is 0.665. The minimum atomic E-state index is 0.325. The SMILES string of the molecule is Cc1ccc(OCc2c(Cl)cccc2Cl)c(CCl)c1. The number of rotatable bonds is 4. The van der Waals surface area contributed by atoms with Crippen LogP contribution in [0.3, 0.4) is 0 Å². The van der Waals surface area contributed by atoms with E-state index < -0.39 is 0 Å². The molecule has 0 atom stereocenters. The molecule has 0 aliphatic carbocycles. The lowest BCUT2D eigenvalue weighted by atomic mass is 10.1. The zero-order valence-electron chi connectivity index (χ0n) is 10.4. The predicted octanol–water partition coefficient (Wildman–Crippen LogP) is 5.62. The molecular weight excluding hydrogens is 303 g/mol. The second-order valence-electron chi connectivity index (χ2n) is 4.23. The maximum atomic E-state index is 6.10. The highest BCUT2D eigenvalue weighted by Gasteiger charge is 2.08.